The zero-order valence-electron chi connectivity index (χ0n) is 16.1. The van der Waals surface area contributed by atoms with Crippen molar-refractivity contribution >= 4 is 32.6 Å². The lowest BCUT2D eigenvalue weighted by atomic mass is 10.1. The SMILES string of the molecule is CCc1cccc2sc(N(Cc3ccccn3)C(=O)c3nnc4n3CCC4)nc12. The molecule has 1 aliphatic rings. The van der Waals surface area contributed by atoms with Crippen molar-refractivity contribution in [3.8, 4) is 0 Å². The van der Waals surface area contributed by atoms with E-state index < -0.39 is 0 Å². The number of aromatic nitrogens is 5. The first-order valence-electron chi connectivity index (χ1n) is 9.77. The van der Waals surface area contributed by atoms with Crippen molar-refractivity contribution in [2.24, 2.45) is 0 Å². The first kappa shape index (κ1) is 17.9. The van der Waals surface area contributed by atoms with Crippen LogP contribution in [0.1, 0.15) is 41.0 Å². The van der Waals surface area contributed by atoms with Crippen LogP contribution in [0.25, 0.3) is 10.2 Å². The molecular formula is C21H20N6OS. The van der Waals surface area contributed by atoms with Gasteiger partial charge in [0.15, 0.2) is 5.13 Å². The van der Waals surface area contributed by atoms with Gasteiger partial charge in [-0.05, 0) is 36.6 Å². The molecule has 0 spiro atoms. The third kappa shape index (κ3) is 3.19. The monoisotopic (exact) mass is 404 g/mol. The van der Waals surface area contributed by atoms with Crippen molar-refractivity contribution < 1.29 is 4.79 Å². The molecule has 0 radical (unpaired) electrons. The summed E-state index contributed by atoms with van der Waals surface area (Å²) in [5.41, 5.74) is 2.94. The average Bonchev–Trinajstić information content (AvgIpc) is 3.47. The van der Waals surface area contributed by atoms with Gasteiger partial charge >= 0.3 is 0 Å². The van der Waals surface area contributed by atoms with E-state index >= 15 is 0 Å². The van der Waals surface area contributed by atoms with Gasteiger partial charge in [-0.1, -0.05) is 36.5 Å². The Bertz CT molecular complexity index is 1180. The summed E-state index contributed by atoms with van der Waals surface area (Å²) < 4.78 is 3.00. The Morgan fingerprint density at radius 3 is 2.97 bits per heavy atom. The van der Waals surface area contributed by atoms with Gasteiger partial charge < -0.3 is 4.57 Å². The highest BCUT2D eigenvalue weighted by molar-refractivity contribution is 7.22. The van der Waals surface area contributed by atoms with E-state index in [1.807, 2.05) is 34.9 Å². The van der Waals surface area contributed by atoms with Crippen LogP contribution in [-0.4, -0.2) is 30.6 Å². The molecule has 29 heavy (non-hydrogen) atoms. The van der Waals surface area contributed by atoms with Gasteiger partial charge in [0, 0.05) is 19.2 Å². The minimum Gasteiger partial charge on any atom is -0.307 e. The lowest BCUT2D eigenvalue weighted by Crippen LogP contribution is -2.33. The van der Waals surface area contributed by atoms with Crippen LogP contribution >= 0.6 is 11.3 Å². The molecule has 3 aromatic heterocycles. The van der Waals surface area contributed by atoms with Gasteiger partial charge in [-0.3, -0.25) is 14.7 Å². The molecule has 0 atom stereocenters. The van der Waals surface area contributed by atoms with E-state index in [2.05, 4.69) is 28.2 Å². The quantitative estimate of drug-likeness (QED) is 0.508. The highest BCUT2D eigenvalue weighted by atomic mass is 32.1. The lowest BCUT2D eigenvalue weighted by molar-refractivity contribution is 0.0970. The Kier molecular flexibility index (Phi) is 4.55. The van der Waals surface area contributed by atoms with Crippen LogP contribution in [0.15, 0.2) is 42.6 Å². The lowest BCUT2D eigenvalue weighted by Gasteiger charge is -2.19. The summed E-state index contributed by atoms with van der Waals surface area (Å²) in [6.45, 7) is 3.23. The van der Waals surface area contributed by atoms with Gasteiger partial charge in [0.05, 0.1) is 22.5 Å². The van der Waals surface area contributed by atoms with Crippen molar-refractivity contribution in [3.05, 3.63) is 65.5 Å². The molecule has 5 rings (SSSR count). The van der Waals surface area contributed by atoms with E-state index in [0.29, 0.717) is 17.5 Å². The number of nitrogens with zero attached hydrogens (tertiary/aromatic N) is 6. The highest BCUT2D eigenvalue weighted by Gasteiger charge is 2.29. The summed E-state index contributed by atoms with van der Waals surface area (Å²) in [5, 5.41) is 9.05. The minimum absolute atomic E-state index is 0.187. The van der Waals surface area contributed by atoms with Gasteiger partial charge in [0.1, 0.15) is 5.82 Å². The summed E-state index contributed by atoms with van der Waals surface area (Å²) in [5.74, 6) is 1.07. The number of aryl methyl sites for hydroxylation is 2. The second-order valence-electron chi connectivity index (χ2n) is 7.02. The Hall–Kier alpha value is -3.13. The van der Waals surface area contributed by atoms with Gasteiger partial charge in [0.25, 0.3) is 5.91 Å². The number of benzene rings is 1. The molecule has 0 saturated heterocycles. The molecule has 0 fully saturated rings. The molecule has 0 saturated carbocycles. The van der Waals surface area contributed by atoms with Crippen LogP contribution in [0, 0.1) is 0 Å². The fraction of sp³-hybridized carbons (Fsp3) is 0.286. The summed E-state index contributed by atoms with van der Waals surface area (Å²) >= 11 is 1.52. The Morgan fingerprint density at radius 1 is 1.21 bits per heavy atom. The molecule has 8 heteroatoms. The first-order chi connectivity index (χ1) is 14.2. The van der Waals surface area contributed by atoms with Crippen molar-refractivity contribution in [1.82, 2.24) is 24.7 Å². The predicted octanol–water partition coefficient (Wildman–Crippen LogP) is 3.64. The third-order valence-electron chi connectivity index (χ3n) is 5.20. The molecule has 146 valence electrons. The molecule has 0 unspecified atom stereocenters. The van der Waals surface area contributed by atoms with E-state index in [9.17, 15) is 4.79 Å². The second-order valence-corrected chi connectivity index (χ2v) is 8.03. The molecular weight excluding hydrogens is 384 g/mol. The van der Waals surface area contributed by atoms with E-state index in [-0.39, 0.29) is 5.91 Å². The fourth-order valence-electron chi connectivity index (χ4n) is 3.70. The number of fused-ring (bicyclic) bond motifs is 2. The number of hydrogen-bond donors (Lipinski definition) is 0. The Balaban J connectivity index is 1.59. The standard InChI is InChI=1S/C21H20N6OS/c1-2-14-7-5-9-16-18(14)23-21(29-16)27(13-15-8-3-4-11-22-15)20(28)19-25-24-17-10-6-12-26(17)19/h3-5,7-9,11H,2,6,10,12-13H2,1H3. The smallest absolute Gasteiger partial charge is 0.298 e. The number of carbonyl (C=O) groups is 1. The van der Waals surface area contributed by atoms with Gasteiger partial charge in [0.2, 0.25) is 5.82 Å². The van der Waals surface area contributed by atoms with Crippen LogP contribution in [0.3, 0.4) is 0 Å². The zero-order chi connectivity index (χ0) is 19.8. The third-order valence-corrected chi connectivity index (χ3v) is 6.24. The molecule has 1 aromatic carbocycles. The maximum absolute atomic E-state index is 13.5. The van der Waals surface area contributed by atoms with Gasteiger partial charge in [-0.15, -0.1) is 10.2 Å². The number of pyridine rings is 1. The van der Waals surface area contributed by atoms with E-state index in [1.54, 1.807) is 11.1 Å². The van der Waals surface area contributed by atoms with Crippen molar-refractivity contribution in [3.63, 3.8) is 0 Å². The number of thiazole rings is 1. The van der Waals surface area contributed by atoms with Crippen LogP contribution in [0.4, 0.5) is 5.13 Å². The second kappa shape index (κ2) is 7.36. The number of carbonyl (C=O) groups excluding carboxylic acids is 1. The van der Waals surface area contributed by atoms with Crippen molar-refractivity contribution in [2.45, 2.75) is 39.3 Å². The largest absolute Gasteiger partial charge is 0.307 e. The normalized spacial score (nSPS) is 13.0. The summed E-state index contributed by atoms with van der Waals surface area (Å²) in [6, 6.07) is 11.9. The average molecular weight is 404 g/mol. The molecule has 1 amide bonds. The van der Waals surface area contributed by atoms with Crippen LogP contribution in [0.2, 0.25) is 0 Å². The van der Waals surface area contributed by atoms with E-state index in [1.165, 1.54) is 16.9 Å². The first-order valence-corrected chi connectivity index (χ1v) is 10.6. The Labute approximate surface area is 172 Å². The molecule has 7 nitrogen and oxygen atoms in total. The molecule has 1 aliphatic heterocycles. The van der Waals surface area contributed by atoms with E-state index in [0.717, 1.165) is 47.5 Å². The van der Waals surface area contributed by atoms with Crippen LogP contribution in [0.5, 0.6) is 0 Å². The number of rotatable bonds is 5. The zero-order valence-corrected chi connectivity index (χ0v) is 16.9. The molecule has 4 heterocycles. The van der Waals surface area contributed by atoms with Crippen molar-refractivity contribution in [2.75, 3.05) is 4.90 Å². The van der Waals surface area contributed by atoms with Crippen LogP contribution in [-0.2, 0) is 25.9 Å². The molecule has 0 aliphatic carbocycles. The number of para-hydroxylation sites is 1. The topological polar surface area (TPSA) is 76.8 Å². The van der Waals surface area contributed by atoms with Crippen molar-refractivity contribution in [1.29, 1.82) is 0 Å². The molecule has 0 N–H and O–H groups in total. The maximum atomic E-state index is 13.5. The summed E-state index contributed by atoms with van der Waals surface area (Å²) in [6.07, 6.45) is 4.49. The highest BCUT2D eigenvalue weighted by Crippen LogP contribution is 2.32. The number of amides is 1. The summed E-state index contributed by atoms with van der Waals surface area (Å²) in [7, 11) is 0. The van der Waals surface area contributed by atoms with Gasteiger partial charge in [-0.25, -0.2) is 4.98 Å². The number of anilines is 1. The predicted molar refractivity (Wildman–Crippen MR) is 112 cm³/mol. The van der Waals surface area contributed by atoms with E-state index in [4.69, 9.17) is 4.98 Å². The summed E-state index contributed by atoms with van der Waals surface area (Å²) in [4.78, 5) is 24.5. The number of hydrogen-bond acceptors (Lipinski definition) is 6. The van der Waals surface area contributed by atoms with Crippen LogP contribution < -0.4 is 4.90 Å². The molecule has 0 bridgehead atoms. The molecule has 4 aromatic rings. The fourth-order valence-corrected chi connectivity index (χ4v) is 4.72. The minimum atomic E-state index is -0.187. The maximum Gasteiger partial charge on any atom is 0.298 e. The van der Waals surface area contributed by atoms with Gasteiger partial charge in [-0.2, -0.15) is 0 Å². The Morgan fingerprint density at radius 2 is 2.14 bits per heavy atom.